The molecule has 0 aromatic heterocycles. The van der Waals surface area contributed by atoms with Crippen LogP contribution in [0.5, 0.6) is 5.75 Å². The molecule has 0 radical (unpaired) electrons. The van der Waals surface area contributed by atoms with Crippen molar-refractivity contribution in [3.63, 3.8) is 0 Å². The number of aliphatic carboxylic acids is 1. The SMILES string of the molecule is CCOc1ccc2ccccc2c1C(=O)NC1C(=O)N2C1SC(C)(C)C2C(=O)[O-].O.[Na+]. The zero-order chi connectivity index (χ0) is 20.9. The van der Waals surface area contributed by atoms with E-state index in [1.807, 2.05) is 37.3 Å². The summed E-state index contributed by atoms with van der Waals surface area (Å²) in [5, 5.41) is 15.5. The van der Waals surface area contributed by atoms with E-state index < -0.39 is 40.0 Å². The summed E-state index contributed by atoms with van der Waals surface area (Å²) in [6.45, 7) is 5.76. The van der Waals surface area contributed by atoms with Crippen LogP contribution in [0.1, 0.15) is 31.1 Å². The van der Waals surface area contributed by atoms with Crippen LogP contribution in [-0.2, 0) is 9.59 Å². The van der Waals surface area contributed by atoms with E-state index in [1.165, 1.54) is 16.7 Å². The molecule has 3 atom stereocenters. The monoisotopic (exact) mass is 454 g/mol. The minimum atomic E-state index is -1.28. The summed E-state index contributed by atoms with van der Waals surface area (Å²) < 4.78 is 4.95. The van der Waals surface area contributed by atoms with E-state index in [2.05, 4.69) is 5.32 Å². The fourth-order valence-electron chi connectivity index (χ4n) is 4.10. The Morgan fingerprint density at radius 1 is 1.23 bits per heavy atom. The number of rotatable bonds is 5. The van der Waals surface area contributed by atoms with Gasteiger partial charge in [0.2, 0.25) is 5.91 Å². The molecule has 2 fully saturated rings. The first kappa shape index (κ1) is 25.5. The van der Waals surface area contributed by atoms with Crippen molar-refractivity contribution < 1.29 is 59.3 Å². The average Bonchev–Trinajstić information content (AvgIpc) is 2.94. The number of fused-ring (bicyclic) bond motifs is 2. The molecule has 4 rings (SSSR count). The number of benzene rings is 2. The molecule has 0 spiro atoms. The van der Waals surface area contributed by atoms with Crippen molar-refractivity contribution in [1.29, 1.82) is 0 Å². The minimum Gasteiger partial charge on any atom is -0.548 e. The van der Waals surface area contributed by atoms with E-state index in [-0.39, 0.29) is 35.0 Å². The molecule has 2 amide bonds. The maximum absolute atomic E-state index is 13.2. The number of nitrogens with zero attached hydrogens (tertiary/aromatic N) is 1. The van der Waals surface area contributed by atoms with Crippen LogP contribution < -0.4 is 44.7 Å². The number of thioether (sulfide) groups is 1. The zero-order valence-electron chi connectivity index (χ0n) is 17.8. The first-order valence-electron chi connectivity index (χ1n) is 9.42. The normalized spacial score (nSPS) is 23.1. The second-order valence-electron chi connectivity index (χ2n) is 7.62. The van der Waals surface area contributed by atoms with Crippen molar-refractivity contribution >= 4 is 40.3 Å². The van der Waals surface area contributed by atoms with Crippen molar-refractivity contribution in [2.24, 2.45) is 0 Å². The van der Waals surface area contributed by atoms with Gasteiger partial charge in [0.15, 0.2) is 0 Å². The summed E-state index contributed by atoms with van der Waals surface area (Å²) in [4.78, 5) is 38.7. The number of nitrogens with one attached hydrogen (secondary N) is 1. The second kappa shape index (κ2) is 9.38. The van der Waals surface area contributed by atoms with E-state index in [1.54, 1.807) is 19.9 Å². The van der Waals surface area contributed by atoms with Crippen molar-refractivity contribution in [3.8, 4) is 5.75 Å². The van der Waals surface area contributed by atoms with Crippen LogP contribution in [0.2, 0.25) is 0 Å². The Hall–Kier alpha value is -1.78. The van der Waals surface area contributed by atoms with Crippen molar-refractivity contribution in [1.82, 2.24) is 10.2 Å². The van der Waals surface area contributed by atoms with Gasteiger partial charge in [-0.15, -0.1) is 11.8 Å². The van der Waals surface area contributed by atoms with Gasteiger partial charge in [-0.05, 0) is 37.6 Å². The third-order valence-corrected chi connectivity index (χ3v) is 6.94. The molecule has 2 aliphatic heterocycles. The van der Waals surface area contributed by atoms with Gasteiger partial charge in [0.05, 0.1) is 24.2 Å². The Balaban J connectivity index is 0.00000171. The summed E-state index contributed by atoms with van der Waals surface area (Å²) in [5.41, 5.74) is 0.370. The topological polar surface area (TPSA) is 130 Å². The largest absolute Gasteiger partial charge is 1.00 e. The molecule has 2 aliphatic rings. The number of hydrogen-bond acceptors (Lipinski definition) is 6. The van der Waals surface area contributed by atoms with Crippen LogP contribution in [0.4, 0.5) is 0 Å². The van der Waals surface area contributed by atoms with Gasteiger partial charge in [-0.2, -0.15) is 0 Å². The smallest absolute Gasteiger partial charge is 0.548 e. The Morgan fingerprint density at radius 2 is 1.90 bits per heavy atom. The van der Waals surface area contributed by atoms with E-state index >= 15 is 0 Å². The van der Waals surface area contributed by atoms with Gasteiger partial charge in [0.25, 0.3) is 5.91 Å². The Labute approximate surface area is 206 Å². The van der Waals surface area contributed by atoms with Crippen LogP contribution in [0.15, 0.2) is 36.4 Å². The quantitative estimate of drug-likeness (QED) is 0.387. The fourth-order valence-corrected chi connectivity index (χ4v) is 5.72. The molecule has 3 N–H and O–H groups in total. The fraction of sp³-hybridized carbons (Fsp3) is 0.381. The first-order valence-corrected chi connectivity index (χ1v) is 10.3. The molecule has 0 saturated carbocycles. The van der Waals surface area contributed by atoms with Crippen LogP contribution in [-0.4, -0.2) is 57.0 Å². The van der Waals surface area contributed by atoms with Crippen LogP contribution in [0.25, 0.3) is 10.8 Å². The number of carbonyl (C=O) groups excluding carboxylic acids is 3. The van der Waals surface area contributed by atoms with Gasteiger partial charge in [0, 0.05) is 4.75 Å². The first-order chi connectivity index (χ1) is 13.8. The van der Waals surface area contributed by atoms with E-state index in [0.717, 1.165) is 10.8 Å². The molecule has 0 bridgehead atoms. The predicted octanol–water partition coefficient (Wildman–Crippen LogP) is -2.67. The number of hydrogen-bond donors (Lipinski definition) is 1. The predicted molar refractivity (Wildman–Crippen MR) is 111 cm³/mol. The molecule has 2 saturated heterocycles. The number of β-lactam (4-membered cyclic amide) rings is 1. The van der Waals surface area contributed by atoms with Gasteiger partial charge in [-0.3, -0.25) is 9.59 Å². The summed E-state index contributed by atoms with van der Waals surface area (Å²) in [7, 11) is 0. The second-order valence-corrected chi connectivity index (χ2v) is 9.39. The van der Waals surface area contributed by atoms with Gasteiger partial charge < -0.3 is 30.3 Å². The van der Waals surface area contributed by atoms with Crippen LogP contribution in [0.3, 0.4) is 0 Å². The molecule has 31 heavy (non-hydrogen) atoms. The Kier molecular flexibility index (Phi) is 7.71. The molecule has 160 valence electrons. The standard InChI is InChI=1S/C21H22N2O5S.Na.H2O/c1-4-28-13-10-9-11-7-5-6-8-12(11)14(13)17(24)22-15-18(25)23-16(20(26)27)21(2,3)29-19(15)23;;/h5-10,15-16,19H,4H2,1-3H3,(H,22,24)(H,26,27);;1H2/q;+1;/p-1. The van der Waals surface area contributed by atoms with E-state index in [9.17, 15) is 19.5 Å². The summed E-state index contributed by atoms with van der Waals surface area (Å²) in [6, 6.07) is 9.28. The van der Waals surface area contributed by atoms with Crippen molar-refractivity contribution in [2.75, 3.05) is 6.61 Å². The number of carboxylic acid groups (broad SMARTS) is 1. The number of ether oxygens (including phenoxy) is 1. The van der Waals surface area contributed by atoms with Gasteiger partial charge in [-0.1, -0.05) is 30.3 Å². The number of carboxylic acids is 1. The van der Waals surface area contributed by atoms with Gasteiger partial charge >= 0.3 is 29.6 Å². The molecule has 2 heterocycles. The molecule has 2 aromatic carbocycles. The number of carbonyl (C=O) groups is 3. The molecule has 8 nitrogen and oxygen atoms in total. The summed E-state index contributed by atoms with van der Waals surface area (Å²) >= 11 is 1.36. The zero-order valence-corrected chi connectivity index (χ0v) is 20.6. The van der Waals surface area contributed by atoms with Crippen molar-refractivity contribution in [2.45, 2.75) is 43.0 Å². The maximum atomic E-state index is 13.2. The molecular weight excluding hydrogens is 431 g/mol. The van der Waals surface area contributed by atoms with Crippen LogP contribution in [0, 0.1) is 0 Å². The number of amides is 2. The Bertz CT molecular complexity index is 1030. The molecule has 2 aromatic rings. The van der Waals surface area contributed by atoms with Crippen molar-refractivity contribution in [3.05, 3.63) is 42.0 Å². The van der Waals surface area contributed by atoms with E-state index in [0.29, 0.717) is 17.9 Å². The maximum Gasteiger partial charge on any atom is 1.00 e. The van der Waals surface area contributed by atoms with E-state index in [4.69, 9.17) is 4.74 Å². The van der Waals surface area contributed by atoms with Crippen LogP contribution >= 0.6 is 11.8 Å². The van der Waals surface area contributed by atoms with Gasteiger partial charge in [-0.25, -0.2) is 0 Å². The summed E-state index contributed by atoms with van der Waals surface area (Å²) in [5.74, 6) is -1.66. The molecular formula is C21H23N2NaO6S. The third-order valence-electron chi connectivity index (χ3n) is 5.37. The van der Waals surface area contributed by atoms with Gasteiger partial charge in [0.1, 0.15) is 17.2 Å². The minimum absolute atomic E-state index is 0. The Morgan fingerprint density at radius 3 is 2.55 bits per heavy atom. The molecule has 3 unspecified atom stereocenters. The third kappa shape index (κ3) is 4.17. The molecule has 10 heteroatoms. The summed E-state index contributed by atoms with van der Waals surface area (Å²) in [6.07, 6.45) is 0. The average molecular weight is 454 g/mol. The molecule has 0 aliphatic carbocycles.